The lowest BCUT2D eigenvalue weighted by Gasteiger charge is -2.26. The van der Waals surface area contributed by atoms with E-state index in [0.29, 0.717) is 19.6 Å². The van der Waals surface area contributed by atoms with Gasteiger partial charge in [0.15, 0.2) is 0 Å². The van der Waals surface area contributed by atoms with Gasteiger partial charge < -0.3 is 15.1 Å². The smallest absolute Gasteiger partial charge is 0.317 e. The van der Waals surface area contributed by atoms with Crippen LogP contribution in [0.25, 0.3) is 0 Å². The van der Waals surface area contributed by atoms with Gasteiger partial charge in [0, 0.05) is 22.8 Å². The lowest BCUT2D eigenvalue weighted by Crippen LogP contribution is -2.42. The van der Waals surface area contributed by atoms with Gasteiger partial charge in [-0.25, -0.2) is 4.79 Å². The highest BCUT2D eigenvalue weighted by atomic mass is 35.5. The number of halogens is 1. The number of rotatable bonds is 7. The van der Waals surface area contributed by atoms with Gasteiger partial charge >= 0.3 is 6.03 Å². The number of hydrogen-bond donors (Lipinski definition) is 1. The summed E-state index contributed by atoms with van der Waals surface area (Å²) >= 11 is 9.18. The van der Waals surface area contributed by atoms with Crippen molar-refractivity contribution in [2.75, 3.05) is 27.2 Å². The van der Waals surface area contributed by atoms with E-state index in [-0.39, 0.29) is 12.1 Å². The van der Waals surface area contributed by atoms with Crippen LogP contribution in [-0.2, 0) is 6.54 Å². The molecule has 1 N–H and O–H groups in total. The Bertz CT molecular complexity index is 613. The summed E-state index contributed by atoms with van der Waals surface area (Å²) in [6.45, 7) is 3.82. The molecule has 4 nitrogen and oxygen atoms in total. The zero-order valence-electron chi connectivity index (χ0n) is 13.6. The molecule has 0 spiro atoms. The van der Waals surface area contributed by atoms with Gasteiger partial charge in [0.05, 0.1) is 16.9 Å². The first-order chi connectivity index (χ1) is 11.0. The quantitative estimate of drug-likeness (QED) is 0.787. The van der Waals surface area contributed by atoms with Crippen molar-refractivity contribution in [1.82, 2.24) is 15.1 Å². The number of thiophene rings is 2. The molecule has 126 valence electrons. The van der Waals surface area contributed by atoms with Crippen molar-refractivity contribution < 1.29 is 4.79 Å². The summed E-state index contributed by atoms with van der Waals surface area (Å²) in [4.78, 5) is 18.7. The Labute approximate surface area is 150 Å². The Morgan fingerprint density at radius 1 is 1.35 bits per heavy atom. The third-order valence-corrected chi connectivity index (χ3v) is 5.78. The summed E-state index contributed by atoms with van der Waals surface area (Å²) in [5.41, 5.74) is 0. The number of carbonyl (C=O) groups excluding carboxylic acids is 1. The van der Waals surface area contributed by atoms with Crippen molar-refractivity contribution in [3.05, 3.63) is 43.7 Å². The van der Waals surface area contributed by atoms with E-state index in [2.05, 4.69) is 21.7 Å². The van der Waals surface area contributed by atoms with Gasteiger partial charge in [0.25, 0.3) is 0 Å². The van der Waals surface area contributed by atoms with Crippen LogP contribution in [0.2, 0.25) is 4.34 Å². The van der Waals surface area contributed by atoms with Gasteiger partial charge in [-0.15, -0.1) is 22.7 Å². The fourth-order valence-electron chi connectivity index (χ4n) is 2.27. The largest absolute Gasteiger partial charge is 0.336 e. The lowest BCUT2D eigenvalue weighted by molar-refractivity contribution is 0.193. The van der Waals surface area contributed by atoms with E-state index in [1.54, 1.807) is 16.2 Å². The summed E-state index contributed by atoms with van der Waals surface area (Å²) in [6, 6.07) is 8.13. The molecule has 0 fully saturated rings. The predicted octanol–water partition coefficient (Wildman–Crippen LogP) is 4.30. The molecule has 2 amide bonds. The van der Waals surface area contributed by atoms with Crippen molar-refractivity contribution in [2.24, 2.45) is 0 Å². The average Bonchev–Trinajstić information content (AvgIpc) is 3.16. The van der Waals surface area contributed by atoms with E-state index in [1.165, 1.54) is 16.2 Å². The molecule has 0 aliphatic heterocycles. The van der Waals surface area contributed by atoms with E-state index in [1.807, 2.05) is 39.2 Å². The molecular formula is C16H22ClN3OS2. The zero-order chi connectivity index (χ0) is 16.8. The molecule has 0 saturated carbocycles. The summed E-state index contributed by atoms with van der Waals surface area (Å²) in [7, 11) is 4.06. The second-order valence-corrected chi connectivity index (χ2v) is 8.18. The minimum atomic E-state index is -0.0413. The molecule has 0 aliphatic carbocycles. The van der Waals surface area contributed by atoms with Crippen LogP contribution >= 0.6 is 34.3 Å². The van der Waals surface area contributed by atoms with Crippen LogP contribution in [0.3, 0.4) is 0 Å². The van der Waals surface area contributed by atoms with Crippen molar-refractivity contribution in [3.8, 4) is 0 Å². The molecule has 1 atom stereocenters. The fraction of sp³-hybridized carbons (Fsp3) is 0.438. The molecule has 2 heterocycles. The van der Waals surface area contributed by atoms with Crippen molar-refractivity contribution >= 4 is 40.3 Å². The second-order valence-electron chi connectivity index (χ2n) is 5.40. The minimum Gasteiger partial charge on any atom is -0.336 e. The number of amides is 2. The maximum atomic E-state index is 12.5. The van der Waals surface area contributed by atoms with Crippen molar-refractivity contribution in [3.63, 3.8) is 0 Å². The van der Waals surface area contributed by atoms with E-state index >= 15 is 0 Å². The molecule has 0 aliphatic rings. The van der Waals surface area contributed by atoms with Crippen LogP contribution in [0.5, 0.6) is 0 Å². The van der Waals surface area contributed by atoms with E-state index in [4.69, 9.17) is 11.6 Å². The minimum absolute atomic E-state index is 0.0413. The molecule has 2 aromatic rings. The number of likely N-dealkylation sites (N-methyl/N-ethyl adjacent to an activating group) is 1. The van der Waals surface area contributed by atoms with E-state index in [0.717, 1.165) is 9.21 Å². The summed E-state index contributed by atoms with van der Waals surface area (Å²) < 4.78 is 0.752. The first-order valence-electron chi connectivity index (χ1n) is 7.48. The third kappa shape index (κ3) is 5.21. The Hall–Kier alpha value is -1.08. The van der Waals surface area contributed by atoms with Crippen LogP contribution in [0, 0.1) is 0 Å². The predicted molar refractivity (Wildman–Crippen MR) is 99.6 cm³/mol. The van der Waals surface area contributed by atoms with Crippen LogP contribution in [-0.4, -0.2) is 43.0 Å². The SMILES string of the molecule is CCN(Cc1ccc(Cl)s1)C(=O)NCC(c1cccs1)N(C)C. The van der Waals surface area contributed by atoms with Crippen LogP contribution in [0.15, 0.2) is 29.6 Å². The van der Waals surface area contributed by atoms with Gasteiger partial charge in [0.1, 0.15) is 0 Å². The molecular weight excluding hydrogens is 350 g/mol. The standard InChI is InChI=1S/C16H22ClN3OS2/c1-4-20(11-12-7-8-15(17)23-12)16(21)18-10-13(19(2)3)14-6-5-9-22-14/h5-9,13H,4,10-11H2,1-3H3,(H,18,21). The average molecular weight is 372 g/mol. The maximum absolute atomic E-state index is 12.5. The molecule has 0 aromatic carbocycles. The maximum Gasteiger partial charge on any atom is 0.317 e. The van der Waals surface area contributed by atoms with Crippen molar-refractivity contribution in [1.29, 1.82) is 0 Å². The molecule has 2 aromatic heterocycles. The monoisotopic (exact) mass is 371 g/mol. The number of carbonyl (C=O) groups is 1. The summed E-state index contributed by atoms with van der Waals surface area (Å²) in [5, 5.41) is 5.12. The van der Waals surface area contributed by atoms with Gasteiger partial charge in [-0.05, 0) is 44.6 Å². The summed E-state index contributed by atoms with van der Waals surface area (Å²) in [5.74, 6) is 0. The lowest BCUT2D eigenvalue weighted by atomic mass is 10.2. The highest BCUT2D eigenvalue weighted by molar-refractivity contribution is 7.16. The number of nitrogens with zero attached hydrogens (tertiary/aromatic N) is 2. The molecule has 0 bridgehead atoms. The van der Waals surface area contributed by atoms with Gasteiger partial charge in [-0.1, -0.05) is 17.7 Å². The summed E-state index contributed by atoms with van der Waals surface area (Å²) in [6.07, 6.45) is 0. The Morgan fingerprint density at radius 3 is 2.65 bits per heavy atom. The van der Waals surface area contributed by atoms with E-state index < -0.39 is 0 Å². The van der Waals surface area contributed by atoms with Crippen molar-refractivity contribution in [2.45, 2.75) is 19.5 Å². The van der Waals surface area contributed by atoms with Crippen LogP contribution in [0.1, 0.15) is 22.7 Å². The third-order valence-electron chi connectivity index (χ3n) is 3.59. The van der Waals surface area contributed by atoms with Crippen LogP contribution in [0.4, 0.5) is 4.79 Å². The number of urea groups is 1. The first-order valence-corrected chi connectivity index (χ1v) is 9.55. The molecule has 0 saturated heterocycles. The highest BCUT2D eigenvalue weighted by Crippen LogP contribution is 2.24. The van der Waals surface area contributed by atoms with Crippen LogP contribution < -0.4 is 5.32 Å². The number of hydrogen-bond acceptors (Lipinski definition) is 4. The fourth-order valence-corrected chi connectivity index (χ4v) is 4.29. The first kappa shape index (κ1) is 18.3. The molecule has 0 radical (unpaired) electrons. The molecule has 7 heteroatoms. The highest BCUT2D eigenvalue weighted by Gasteiger charge is 2.18. The normalized spacial score (nSPS) is 12.4. The Morgan fingerprint density at radius 2 is 2.13 bits per heavy atom. The van der Waals surface area contributed by atoms with Gasteiger partial charge in [-0.2, -0.15) is 0 Å². The topological polar surface area (TPSA) is 35.6 Å². The molecule has 1 unspecified atom stereocenters. The van der Waals surface area contributed by atoms with Gasteiger partial charge in [-0.3, -0.25) is 0 Å². The second kappa shape index (κ2) is 8.68. The van der Waals surface area contributed by atoms with E-state index in [9.17, 15) is 4.79 Å². The Kier molecular flexibility index (Phi) is 6.89. The molecule has 2 rings (SSSR count). The zero-order valence-corrected chi connectivity index (χ0v) is 16.0. The number of nitrogens with one attached hydrogen (secondary N) is 1. The molecule has 23 heavy (non-hydrogen) atoms. The Balaban J connectivity index is 1.93. The van der Waals surface area contributed by atoms with Gasteiger partial charge in [0.2, 0.25) is 0 Å².